The van der Waals surface area contributed by atoms with Gasteiger partial charge in [-0.2, -0.15) is 0 Å². The van der Waals surface area contributed by atoms with E-state index in [-0.39, 0.29) is 12.0 Å². The molecule has 0 aromatic heterocycles. The van der Waals surface area contributed by atoms with E-state index in [9.17, 15) is 4.79 Å². The summed E-state index contributed by atoms with van der Waals surface area (Å²) in [4.78, 5) is 11.3. The molecule has 1 saturated heterocycles. The van der Waals surface area contributed by atoms with E-state index >= 15 is 0 Å². The molecular weight excluding hydrogens is 225 g/mol. The largest absolute Gasteiger partial charge is 0.363 e. The molecule has 1 aromatic rings. The molecule has 74 valence electrons. The molecular formula is C9H7Cl2NO2. The number of hydrogen-bond acceptors (Lipinski definition) is 2. The molecule has 0 saturated carbocycles. The molecule has 0 bridgehead atoms. The molecule has 1 fully saturated rings. The Morgan fingerprint density at radius 3 is 2.71 bits per heavy atom. The highest BCUT2D eigenvalue weighted by Gasteiger charge is 2.31. The predicted molar refractivity (Wildman–Crippen MR) is 54.8 cm³/mol. The smallest absolute Gasteiger partial charge is 0.255 e. The standard InChI is InChI=1S/C9H7Cl2NO2/c10-6-2-1-5(3-7(6)11)12-9(13)8-4-14-8/h1-3,8H,4H2,(H,12,13). The van der Waals surface area contributed by atoms with Crippen LogP contribution in [-0.2, 0) is 9.53 Å². The van der Waals surface area contributed by atoms with Gasteiger partial charge in [0.1, 0.15) is 0 Å². The van der Waals surface area contributed by atoms with Gasteiger partial charge in [-0.15, -0.1) is 0 Å². The van der Waals surface area contributed by atoms with Crippen LogP contribution in [0.1, 0.15) is 0 Å². The van der Waals surface area contributed by atoms with Crippen molar-refractivity contribution in [1.29, 1.82) is 0 Å². The van der Waals surface area contributed by atoms with Crippen LogP contribution in [0.3, 0.4) is 0 Å². The summed E-state index contributed by atoms with van der Waals surface area (Å²) in [6.07, 6.45) is -0.301. The zero-order valence-corrected chi connectivity index (χ0v) is 8.60. The van der Waals surface area contributed by atoms with Crippen molar-refractivity contribution in [3.63, 3.8) is 0 Å². The Hall–Kier alpha value is -0.770. The fourth-order valence-electron chi connectivity index (χ4n) is 0.996. The van der Waals surface area contributed by atoms with Gasteiger partial charge in [0.2, 0.25) is 0 Å². The third-order valence-electron chi connectivity index (χ3n) is 1.81. The van der Waals surface area contributed by atoms with E-state index in [1.54, 1.807) is 18.2 Å². The number of ether oxygens (including phenoxy) is 1. The van der Waals surface area contributed by atoms with Gasteiger partial charge in [-0.05, 0) is 18.2 Å². The van der Waals surface area contributed by atoms with Crippen LogP contribution in [0.4, 0.5) is 5.69 Å². The number of nitrogens with one attached hydrogen (secondary N) is 1. The molecule has 0 aliphatic carbocycles. The number of carbonyl (C=O) groups excluding carboxylic acids is 1. The minimum Gasteiger partial charge on any atom is -0.363 e. The summed E-state index contributed by atoms with van der Waals surface area (Å²) in [5.74, 6) is -0.150. The molecule has 5 heteroatoms. The van der Waals surface area contributed by atoms with Gasteiger partial charge in [-0.1, -0.05) is 23.2 Å². The van der Waals surface area contributed by atoms with Crippen LogP contribution in [0.5, 0.6) is 0 Å². The number of anilines is 1. The fraction of sp³-hybridized carbons (Fsp3) is 0.222. The molecule has 0 spiro atoms. The van der Waals surface area contributed by atoms with E-state index in [4.69, 9.17) is 27.9 Å². The van der Waals surface area contributed by atoms with Crippen LogP contribution in [0.25, 0.3) is 0 Å². The number of benzene rings is 1. The normalized spacial score (nSPS) is 19.1. The Bertz CT molecular complexity index is 377. The van der Waals surface area contributed by atoms with Crippen LogP contribution in [0.2, 0.25) is 10.0 Å². The minimum absolute atomic E-state index is 0.150. The summed E-state index contributed by atoms with van der Waals surface area (Å²) < 4.78 is 4.83. The molecule has 0 radical (unpaired) electrons. The predicted octanol–water partition coefficient (Wildman–Crippen LogP) is 2.33. The highest BCUT2D eigenvalue weighted by molar-refractivity contribution is 6.42. The molecule has 1 heterocycles. The fourth-order valence-corrected chi connectivity index (χ4v) is 1.29. The zero-order chi connectivity index (χ0) is 10.1. The molecule has 14 heavy (non-hydrogen) atoms. The third-order valence-corrected chi connectivity index (χ3v) is 2.55. The Labute approximate surface area is 91.0 Å². The van der Waals surface area contributed by atoms with Crippen molar-refractivity contribution in [2.45, 2.75) is 6.10 Å². The second-order valence-corrected chi connectivity index (χ2v) is 3.75. The molecule has 3 nitrogen and oxygen atoms in total. The van der Waals surface area contributed by atoms with Gasteiger partial charge < -0.3 is 10.1 Å². The number of amides is 1. The lowest BCUT2D eigenvalue weighted by atomic mass is 10.3. The van der Waals surface area contributed by atoms with E-state index in [1.165, 1.54) is 0 Å². The molecule has 1 aromatic carbocycles. The first-order chi connectivity index (χ1) is 6.66. The average molecular weight is 232 g/mol. The van der Waals surface area contributed by atoms with E-state index < -0.39 is 0 Å². The van der Waals surface area contributed by atoms with Crippen LogP contribution in [-0.4, -0.2) is 18.6 Å². The van der Waals surface area contributed by atoms with Gasteiger partial charge in [0.25, 0.3) is 5.91 Å². The third kappa shape index (κ3) is 2.18. The first-order valence-corrected chi connectivity index (χ1v) is 4.80. The zero-order valence-electron chi connectivity index (χ0n) is 7.09. The van der Waals surface area contributed by atoms with Crippen molar-refractivity contribution >= 4 is 34.8 Å². The van der Waals surface area contributed by atoms with Crippen LogP contribution in [0.15, 0.2) is 18.2 Å². The van der Waals surface area contributed by atoms with Crippen LogP contribution in [0, 0.1) is 0 Å². The first-order valence-electron chi connectivity index (χ1n) is 4.04. The Morgan fingerprint density at radius 1 is 1.43 bits per heavy atom. The Balaban J connectivity index is 2.08. The second-order valence-electron chi connectivity index (χ2n) is 2.94. The highest BCUT2D eigenvalue weighted by atomic mass is 35.5. The summed E-state index contributed by atoms with van der Waals surface area (Å²) in [5.41, 5.74) is 0.625. The number of carbonyl (C=O) groups is 1. The lowest BCUT2D eigenvalue weighted by Gasteiger charge is -2.03. The van der Waals surface area contributed by atoms with E-state index in [1.807, 2.05) is 0 Å². The molecule has 1 atom stereocenters. The van der Waals surface area contributed by atoms with Crippen molar-refractivity contribution in [1.82, 2.24) is 0 Å². The quantitative estimate of drug-likeness (QED) is 0.795. The molecule has 1 unspecified atom stereocenters. The minimum atomic E-state index is -0.301. The van der Waals surface area contributed by atoms with Crippen molar-refractivity contribution < 1.29 is 9.53 Å². The lowest BCUT2D eigenvalue weighted by Crippen LogP contribution is -2.17. The Kier molecular flexibility index (Phi) is 2.63. The summed E-state index contributed by atoms with van der Waals surface area (Å²) >= 11 is 11.5. The van der Waals surface area contributed by atoms with E-state index in [0.717, 1.165) is 0 Å². The first kappa shape index (κ1) is 9.77. The maximum absolute atomic E-state index is 11.3. The Morgan fingerprint density at radius 2 is 2.14 bits per heavy atom. The van der Waals surface area contributed by atoms with Crippen LogP contribution < -0.4 is 5.32 Å². The van der Waals surface area contributed by atoms with E-state index in [0.29, 0.717) is 22.3 Å². The van der Waals surface area contributed by atoms with Crippen LogP contribution >= 0.6 is 23.2 Å². The maximum Gasteiger partial charge on any atom is 0.255 e. The van der Waals surface area contributed by atoms with Crippen molar-refractivity contribution in [3.8, 4) is 0 Å². The highest BCUT2D eigenvalue weighted by Crippen LogP contribution is 2.25. The van der Waals surface area contributed by atoms with Gasteiger partial charge in [0, 0.05) is 5.69 Å². The van der Waals surface area contributed by atoms with Gasteiger partial charge in [0.15, 0.2) is 6.10 Å². The average Bonchev–Trinajstić information content (AvgIpc) is 2.94. The van der Waals surface area contributed by atoms with Gasteiger partial charge in [-0.3, -0.25) is 4.79 Å². The summed E-state index contributed by atoms with van der Waals surface area (Å²) in [6.45, 7) is 0.493. The number of halogens is 2. The van der Waals surface area contributed by atoms with Gasteiger partial charge >= 0.3 is 0 Å². The topological polar surface area (TPSA) is 41.6 Å². The summed E-state index contributed by atoms with van der Waals surface area (Å²) in [7, 11) is 0. The molecule has 1 N–H and O–H groups in total. The molecule has 2 rings (SSSR count). The number of epoxide rings is 1. The monoisotopic (exact) mass is 231 g/mol. The SMILES string of the molecule is O=C(Nc1ccc(Cl)c(Cl)c1)C1CO1. The lowest BCUT2D eigenvalue weighted by molar-refractivity contribution is -0.117. The maximum atomic E-state index is 11.3. The van der Waals surface area contributed by atoms with Crippen molar-refractivity contribution in [2.24, 2.45) is 0 Å². The molecule has 1 aliphatic rings. The van der Waals surface area contributed by atoms with Crippen molar-refractivity contribution in [3.05, 3.63) is 28.2 Å². The summed E-state index contributed by atoms with van der Waals surface area (Å²) in [5, 5.41) is 3.55. The van der Waals surface area contributed by atoms with Gasteiger partial charge in [0.05, 0.1) is 16.7 Å². The van der Waals surface area contributed by atoms with Gasteiger partial charge in [-0.25, -0.2) is 0 Å². The summed E-state index contributed by atoms with van der Waals surface area (Å²) in [6, 6.07) is 4.92. The second kappa shape index (κ2) is 3.77. The van der Waals surface area contributed by atoms with Crippen molar-refractivity contribution in [2.75, 3.05) is 11.9 Å². The molecule has 1 amide bonds. The van der Waals surface area contributed by atoms with E-state index in [2.05, 4.69) is 5.32 Å². The number of hydrogen-bond donors (Lipinski definition) is 1. The molecule has 1 aliphatic heterocycles. The number of rotatable bonds is 2.